The summed E-state index contributed by atoms with van der Waals surface area (Å²) in [5, 5.41) is 1.93. The lowest BCUT2D eigenvalue weighted by molar-refractivity contribution is 0.338. The van der Waals surface area contributed by atoms with E-state index in [1.807, 2.05) is 52.9 Å². The lowest BCUT2D eigenvalue weighted by Gasteiger charge is -2.20. The molecule has 72 valence electrons. The van der Waals surface area contributed by atoms with Crippen molar-refractivity contribution in [1.82, 2.24) is 10.4 Å². The van der Waals surface area contributed by atoms with E-state index in [9.17, 15) is 0 Å². The Labute approximate surface area is 76.9 Å². The van der Waals surface area contributed by atoms with E-state index in [4.69, 9.17) is 0 Å². The van der Waals surface area contributed by atoms with E-state index < -0.39 is 0 Å². The molecule has 2 nitrogen and oxygen atoms in total. The minimum atomic E-state index is 1.07. The van der Waals surface area contributed by atoms with Crippen molar-refractivity contribution in [2.45, 2.75) is 27.7 Å². The molecular weight excluding hydrogens is 148 g/mol. The second-order valence-electron chi connectivity index (χ2n) is 2.24. The van der Waals surface area contributed by atoms with E-state index in [0.717, 1.165) is 11.3 Å². The molecule has 0 saturated carbocycles. The highest BCUT2D eigenvalue weighted by atomic mass is 15.5. The van der Waals surface area contributed by atoms with Crippen molar-refractivity contribution in [2.24, 2.45) is 0 Å². The number of likely N-dealkylation sites (N-methyl/N-ethyl adjacent to an activating group) is 1. The first-order valence-corrected chi connectivity index (χ1v) is 4.36. The molecule has 0 unspecified atom stereocenters. The van der Waals surface area contributed by atoms with Gasteiger partial charge in [0.25, 0.3) is 0 Å². The van der Waals surface area contributed by atoms with Crippen LogP contribution in [-0.4, -0.2) is 19.1 Å². The van der Waals surface area contributed by atoms with Crippen molar-refractivity contribution >= 4 is 0 Å². The highest BCUT2D eigenvalue weighted by Gasteiger charge is 1.99. The largest absolute Gasteiger partial charge is 0.312 e. The van der Waals surface area contributed by atoms with Crippen LogP contribution in [0.2, 0.25) is 0 Å². The average Bonchev–Trinajstić information content (AvgIpc) is 2.08. The Morgan fingerprint density at radius 1 is 1.42 bits per heavy atom. The first kappa shape index (κ1) is 13.8. The van der Waals surface area contributed by atoms with Gasteiger partial charge in [0.15, 0.2) is 0 Å². The van der Waals surface area contributed by atoms with Crippen molar-refractivity contribution in [3.8, 4) is 0 Å². The standard InChI is InChI=1S/C8H16N2.C2H6/c1-6-8(7(2)3)10(5)9-4;1-2/h6,9H,2H2,1,3-5H3;1-2H3/b8-6+;. The van der Waals surface area contributed by atoms with Crippen LogP contribution in [0.15, 0.2) is 23.9 Å². The van der Waals surface area contributed by atoms with Crippen LogP contribution in [0.3, 0.4) is 0 Å². The highest BCUT2D eigenvalue weighted by Crippen LogP contribution is 2.07. The summed E-state index contributed by atoms with van der Waals surface area (Å²) in [6.07, 6.45) is 2.03. The van der Waals surface area contributed by atoms with Gasteiger partial charge in [-0.3, -0.25) is 0 Å². The number of nitrogens with zero attached hydrogens (tertiary/aromatic N) is 1. The molecule has 0 radical (unpaired) electrons. The predicted molar refractivity (Wildman–Crippen MR) is 56.7 cm³/mol. The maximum atomic E-state index is 3.85. The maximum Gasteiger partial charge on any atom is 0.0496 e. The van der Waals surface area contributed by atoms with E-state index in [-0.39, 0.29) is 0 Å². The van der Waals surface area contributed by atoms with Gasteiger partial charge in [-0.15, -0.1) is 0 Å². The number of hydrogen-bond donors (Lipinski definition) is 1. The number of hydrogen-bond acceptors (Lipinski definition) is 2. The molecule has 0 aromatic carbocycles. The SMILES string of the molecule is C=C(C)/C(=C\C)N(C)NC.CC. The smallest absolute Gasteiger partial charge is 0.0496 e. The second-order valence-corrected chi connectivity index (χ2v) is 2.24. The van der Waals surface area contributed by atoms with Crippen molar-refractivity contribution < 1.29 is 0 Å². The molecule has 0 atom stereocenters. The van der Waals surface area contributed by atoms with E-state index in [2.05, 4.69) is 12.0 Å². The quantitative estimate of drug-likeness (QED) is 0.517. The normalized spacial score (nSPS) is 10.0. The Morgan fingerprint density at radius 2 is 1.83 bits per heavy atom. The minimum Gasteiger partial charge on any atom is -0.312 e. The topological polar surface area (TPSA) is 15.3 Å². The van der Waals surface area contributed by atoms with Crippen LogP contribution in [0, 0.1) is 0 Å². The molecule has 0 rings (SSSR count). The zero-order valence-electron chi connectivity index (χ0n) is 9.23. The molecule has 0 aromatic rings. The third-order valence-electron chi connectivity index (χ3n) is 1.41. The highest BCUT2D eigenvalue weighted by molar-refractivity contribution is 5.23. The van der Waals surface area contributed by atoms with Crippen LogP contribution in [-0.2, 0) is 0 Å². The fraction of sp³-hybridized carbons (Fsp3) is 0.600. The average molecular weight is 170 g/mol. The van der Waals surface area contributed by atoms with Crippen LogP contribution >= 0.6 is 0 Å². The van der Waals surface area contributed by atoms with Crippen LogP contribution < -0.4 is 5.43 Å². The summed E-state index contributed by atoms with van der Waals surface area (Å²) in [4.78, 5) is 0. The molecule has 0 aromatic heterocycles. The minimum absolute atomic E-state index is 1.07. The maximum absolute atomic E-state index is 3.85. The van der Waals surface area contributed by atoms with Gasteiger partial charge in [-0.05, 0) is 19.4 Å². The van der Waals surface area contributed by atoms with E-state index in [0.29, 0.717) is 0 Å². The van der Waals surface area contributed by atoms with Crippen LogP contribution in [0.25, 0.3) is 0 Å². The summed E-state index contributed by atoms with van der Waals surface area (Å²) in [6.45, 7) is 11.8. The molecule has 0 fully saturated rings. The molecule has 0 aliphatic rings. The molecule has 1 N–H and O–H groups in total. The second kappa shape index (κ2) is 8.34. The molecular formula is C10H22N2. The number of rotatable bonds is 3. The van der Waals surface area contributed by atoms with E-state index >= 15 is 0 Å². The molecule has 0 aliphatic heterocycles. The Bertz CT molecular complexity index is 148. The first-order valence-electron chi connectivity index (χ1n) is 4.36. The Balaban J connectivity index is 0. The summed E-state index contributed by atoms with van der Waals surface area (Å²) in [5.74, 6) is 0. The number of hydrazine groups is 1. The van der Waals surface area contributed by atoms with Gasteiger partial charge >= 0.3 is 0 Å². The van der Waals surface area contributed by atoms with Gasteiger partial charge in [0.05, 0.1) is 0 Å². The van der Waals surface area contributed by atoms with Gasteiger partial charge in [-0.2, -0.15) is 0 Å². The summed E-state index contributed by atoms with van der Waals surface area (Å²) in [6, 6.07) is 0. The van der Waals surface area contributed by atoms with Gasteiger partial charge in [0.2, 0.25) is 0 Å². The number of allylic oxidation sites excluding steroid dienone is 2. The predicted octanol–water partition coefficient (Wildman–Crippen LogP) is 2.56. The van der Waals surface area contributed by atoms with Gasteiger partial charge in [0, 0.05) is 19.8 Å². The van der Waals surface area contributed by atoms with Crippen LogP contribution in [0.5, 0.6) is 0 Å². The van der Waals surface area contributed by atoms with Gasteiger partial charge < -0.3 is 5.01 Å². The van der Waals surface area contributed by atoms with Gasteiger partial charge in [0.1, 0.15) is 0 Å². The molecule has 2 heteroatoms. The van der Waals surface area contributed by atoms with E-state index in [1.54, 1.807) is 0 Å². The molecule has 0 bridgehead atoms. The molecule has 0 aliphatic carbocycles. The first-order chi connectivity index (χ1) is 5.63. The summed E-state index contributed by atoms with van der Waals surface area (Å²) in [5.41, 5.74) is 5.20. The third kappa shape index (κ3) is 4.97. The molecule has 0 heterocycles. The Kier molecular flexibility index (Phi) is 9.59. The molecule has 0 spiro atoms. The summed E-state index contributed by atoms with van der Waals surface area (Å²) < 4.78 is 0. The zero-order chi connectivity index (χ0) is 10.1. The van der Waals surface area contributed by atoms with Gasteiger partial charge in [-0.1, -0.05) is 26.5 Å². The van der Waals surface area contributed by atoms with Crippen molar-refractivity contribution in [3.63, 3.8) is 0 Å². The Hall–Kier alpha value is -0.760. The van der Waals surface area contributed by atoms with Crippen molar-refractivity contribution in [2.75, 3.05) is 14.1 Å². The fourth-order valence-corrected chi connectivity index (χ4v) is 0.847. The van der Waals surface area contributed by atoms with Crippen LogP contribution in [0.4, 0.5) is 0 Å². The van der Waals surface area contributed by atoms with Crippen molar-refractivity contribution in [3.05, 3.63) is 23.9 Å². The molecule has 0 amide bonds. The van der Waals surface area contributed by atoms with Crippen LogP contribution in [0.1, 0.15) is 27.7 Å². The van der Waals surface area contributed by atoms with Crippen molar-refractivity contribution in [1.29, 1.82) is 0 Å². The lowest BCUT2D eigenvalue weighted by Crippen LogP contribution is -2.30. The Morgan fingerprint density at radius 3 is 1.92 bits per heavy atom. The fourth-order valence-electron chi connectivity index (χ4n) is 0.847. The summed E-state index contributed by atoms with van der Waals surface area (Å²) in [7, 11) is 3.84. The van der Waals surface area contributed by atoms with Gasteiger partial charge in [-0.25, -0.2) is 5.43 Å². The monoisotopic (exact) mass is 170 g/mol. The molecule has 12 heavy (non-hydrogen) atoms. The number of nitrogens with one attached hydrogen (secondary N) is 1. The third-order valence-corrected chi connectivity index (χ3v) is 1.41. The summed E-state index contributed by atoms with van der Waals surface area (Å²) >= 11 is 0. The zero-order valence-corrected chi connectivity index (χ0v) is 9.23. The molecule has 0 saturated heterocycles. The van der Waals surface area contributed by atoms with E-state index in [1.165, 1.54) is 0 Å². The lowest BCUT2D eigenvalue weighted by atomic mass is 10.2.